The molecule has 3 rings (SSSR count). The second-order valence-corrected chi connectivity index (χ2v) is 7.10. The zero-order valence-electron chi connectivity index (χ0n) is 14.9. The van der Waals surface area contributed by atoms with Gasteiger partial charge in [0.15, 0.2) is 5.75 Å². The van der Waals surface area contributed by atoms with E-state index in [1.54, 1.807) is 13.2 Å². The van der Waals surface area contributed by atoms with Crippen LogP contribution in [-0.4, -0.2) is 38.4 Å². The molecule has 8 nitrogen and oxygen atoms in total. The first-order valence-corrected chi connectivity index (χ1v) is 9.41. The number of amides is 3. The second kappa shape index (κ2) is 8.74. The van der Waals surface area contributed by atoms with Crippen molar-refractivity contribution in [2.24, 2.45) is 5.73 Å². The molecule has 0 saturated carbocycles. The molecule has 3 amide bonds. The maximum absolute atomic E-state index is 12.3. The van der Waals surface area contributed by atoms with Crippen molar-refractivity contribution in [3.63, 3.8) is 0 Å². The number of benzene rings is 1. The SMILES string of the molecule is COc1ccccc1-c1cc(OC(=O)NC2CCNCC2)c(NC(N)=O)s1. The molecule has 1 aliphatic heterocycles. The minimum atomic E-state index is -0.730. The average Bonchev–Trinajstić information content (AvgIpc) is 3.03. The molecule has 27 heavy (non-hydrogen) atoms. The van der Waals surface area contributed by atoms with E-state index >= 15 is 0 Å². The minimum absolute atomic E-state index is 0.0682. The zero-order chi connectivity index (χ0) is 19.2. The molecule has 9 heteroatoms. The van der Waals surface area contributed by atoms with Gasteiger partial charge in [-0.15, -0.1) is 11.3 Å². The van der Waals surface area contributed by atoms with E-state index in [9.17, 15) is 9.59 Å². The van der Waals surface area contributed by atoms with Crippen LogP contribution in [0.2, 0.25) is 0 Å². The lowest BCUT2D eigenvalue weighted by molar-refractivity contribution is 0.193. The van der Waals surface area contributed by atoms with Crippen molar-refractivity contribution in [3.8, 4) is 21.9 Å². The van der Waals surface area contributed by atoms with E-state index in [0.29, 0.717) is 10.8 Å². The Balaban J connectivity index is 1.81. The van der Waals surface area contributed by atoms with Crippen molar-refractivity contribution in [1.82, 2.24) is 10.6 Å². The molecule has 0 bridgehead atoms. The Bertz CT molecular complexity index is 817. The minimum Gasteiger partial charge on any atom is -0.496 e. The Labute approximate surface area is 161 Å². The van der Waals surface area contributed by atoms with Gasteiger partial charge in [0.1, 0.15) is 10.8 Å². The van der Waals surface area contributed by atoms with Crippen LogP contribution in [0.25, 0.3) is 10.4 Å². The van der Waals surface area contributed by atoms with Crippen LogP contribution < -0.4 is 31.2 Å². The first kappa shape index (κ1) is 19.0. The summed E-state index contributed by atoms with van der Waals surface area (Å²) >= 11 is 1.25. The van der Waals surface area contributed by atoms with Gasteiger partial charge in [-0.25, -0.2) is 9.59 Å². The standard InChI is InChI=1S/C18H22N4O4S/c1-25-13-5-3-2-4-12(13)15-10-14(16(27-15)22-17(19)23)26-18(24)21-11-6-8-20-9-7-11/h2-5,10-11,20H,6-9H2,1H3,(H,21,24)(H3,19,22,23). The third kappa shape index (κ3) is 4.89. The number of urea groups is 1. The predicted molar refractivity (Wildman–Crippen MR) is 105 cm³/mol. The van der Waals surface area contributed by atoms with Crippen LogP contribution in [0.15, 0.2) is 30.3 Å². The highest BCUT2D eigenvalue weighted by atomic mass is 32.1. The first-order chi connectivity index (χ1) is 13.1. The van der Waals surface area contributed by atoms with Crippen LogP contribution in [0.4, 0.5) is 14.6 Å². The summed E-state index contributed by atoms with van der Waals surface area (Å²) in [6.07, 6.45) is 1.13. The molecular formula is C18H22N4O4S. The molecular weight excluding hydrogens is 368 g/mol. The van der Waals surface area contributed by atoms with Crippen LogP contribution in [0.3, 0.4) is 0 Å². The Morgan fingerprint density at radius 2 is 1.96 bits per heavy atom. The number of nitrogens with two attached hydrogens (primary N) is 1. The van der Waals surface area contributed by atoms with E-state index in [1.165, 1.54) is 11.3 Å². The fraction of sp³-hybridized carbons (Fsp3) is 0.333. The molecule has 0 spiro atoms. The molecule has 1 saturated heterocycles. The fourth-order valence-electron chi connectivity index (χ4n) is 2.89. The highest BCUT2D eigenvalue weighted by Gasteiger charge is 2.21. The second-order valence-electron chi connectivity index (χ2n) is 6.05. The molecule has 0 atom stereocenters. The lowest BCUT2D eigenvalue weighted by atomic mass is 10.1. The van der Waals surface area contributed by atoms with Gasteiger partial charge < -0.3 is 25.8 Å². The van der Waals surface area contributed by atoms with Gasteiger partial charge in [0.05, 0.1) is 7.11 Å². The summed E-state index contributed by atoms with van der Waals surface area (Å²) in [6, 6.07) is 8.49. The fourth-order valence-corrected chi connectivity index (χ4v) is 3.91. The van der Waals surface area contributed by atoms with Crippen LogP contribution >= 0.6 is 11.3 Å². The third-order valence-electron chi connectivity index (χ3n) is 4.17. The van der Waals surface area contributed by atoms with E-state index in [4.69, 9.17) is 15.2 Å². The van der Waals surface area contributed by atoms with E-state index in [1.807, 2.05) is 24.3 Å². The summed E-state index contributed by atoms with van der Waals surface area (Å²) in [5, 5.41) is 8.97. The van der Waals surface area contributed by atoms with Crippen molar-refractivity contribution in [1.29, 1.82) is 0 Å². The van der Waals surface area contributed by atoms with E-state index in [0.717, 1.165) is 36.4 Å². The van der Waals surface area contributed by atoms with Crippen molar-refractivity contribution in [2.45, 2.75) is 18.9 Å². The summed E-state index contributed by atoms with van der Waals surface area (Å²) in [5.41, 5.74) is 6.07. The number of nitrogens with one attached hydrogen (secondary N) is 3. The number of piperidine rings is 1. The molecule has 1 aromatic heterocycles. The van der Waals surface area contributed by atoms with E-state index in [2.05, 4.69) is 16.0 Å². The number of para-hydroxylation sites is 1. The molecule has 1 aromatic carbocycles. The molecule has 2 aromatic rings. The smallest absolute Gasteiger partial charge is 0.412 e. The Morgan fingerprint density at radius 3 is 2.67 bits per heavy atom. The maximum Gasteiger partial charge on any atom is 0.412 e. The summed E-state index contributed by atoms with van der Waals surface area (Å²) in [7, 11) is 1.58. The number of methoxy groups -OCH3 is 1. The van der Waals surface area contributed by atoms with Gasteiger partial charge in [-0.2, -0.15) is 0 Å². The number of carbonyl (C=O) groups is 2. The molecule has 144 valence electrons. The van der Waals surface area contributed by atoms with Gasteiger partial charge in [-0.3, -0.25) is 5.32 Å². The lowest BCUT2D eigenvalue weighted by Crippen LogP contribution is -2.43. The van der Waals surface area contributed by atoms with Gasteiger partial charge in [-0.1, -0.05) is 12.1 Å². The van der Waals surface area contributed by atoms with Gasteiger partial charge in [-0.05, 0) is 38.1 Å². The molecule has 1 fully saturated rings. The van der Waals surface area contributed by atoms with Crippen molar-refractivity contribution in [2.75, 3.05) is 25.5 Å². The topological polar surface area (TPSA) is 115 Å². The molecule has 5 N–H and O–H groups in total. The summed E-state index contributed by atoms with van der Waals surface area (Å²) < 4.78 is 10.8. The average molecular weight is 390 g/mol. The molecule has 0 radical (unpaired) electrons. The zero-order valence-corrected chi connectivity index (χ0v) is 15.7. The number of hydrogen-bond acceptors (Lipinski definition) is 6. The van der Waals surface area contributed by atoms with E-state index < -0.39 is 12.1 Å². The largest absolute Gasteiger partial charge is 0.496 e. The normalized spacial score (nSPS) is 14.4. The summed E-state index contributed by atoms with van der Waals surface area (Å²) in [6.45, 7) is 1.71. The molecule has 1 aliphatic rings. The lowest BCUT2D eigenvalue weighted by Gasteiger charge is -2.23. The van der Waals surface area contributed by atoms with Gasteiger partial charge >= 0.3 is 12.1 Å². The quantitative estimate of drug-likeness (QED) is 0.627. The predicted octanol–water partition coefficient (Wildman–Crippen LogP) is 2.75. The molecule has 2 heterocycles. The number of carbonyl (C=O) groups excluding carboxylic acids is 2. The summed E-state index contributed by atoms with van der Waals surface area (Å²) in [4.78, 5) is 24.4. The van der Waals surface area contributed by atoms with Gasteiger partial charge in [0.2, 0.25) is 0 Å². The number of primary amides is 1. The van der Waals surface area contributed by atoms with Gasteiger partial charge in [0.25, 0.3) is 0 Å². The highest BCUT2D eigenvalue weighted by Crippen LogP contribution is 2.43. The van der Waals surface area contributed by atoms with Crippen LogP contribution in [0.5, 0.6) is 11.5 Å². The van der Waals surface area contributed by atoms with Crippen molar-refractivity contribution in [3.05, 3.63) is 30.3 Å². The highest BCUT2D eigenvalue weighted by molar-refractivity contribution is 7.20. The van der Waals surface area contributed by atoms with E-state index in [-0.39, 0.29) is 11.8 Å². The van der Waals surface area contributed by atoms with Crippen LogP contribution in [0.1, 0.15) is 12.8 Å². The van der Waals surface area contributed by atoms with Crippen molar-refractivity contribution < 1.29 is 19.1 Å². The van der Waals surface area contributed by atoms with Gasteiger partial charge in [0, 0.05) is 22.5 Å². The number of rotatable bonds is 5. The van der Waals surface area contributed by atoms with Crippen LogP contribution in [-0.2, 0) is 0 Å². The Kier molecular flexibility index (Phi) is 6.15. The number of hydrogen-bond donors (Lipinski definition) is 4. The molecule has 0 aliphatic carbocycles. The van der Waals surface area contributed by atoms with Crippen LogP contribution in [0, 0.1) is 0 Å². The maximum atomic E-state index is 12.3. The molecule has 0 unspecified atom stereocenters. The number of anilines is 1. The third-order valence-corrected chi connectivity index (χ3v) is 5.24. The summed E-state index contributed by atoms with van der Waals surface area (Å²) in [5.74, 6) is 0.918. The Morgan fingerprint density at radius 1 is 1.22 bits per heavy atom. The number of thiophene rings is 1. The van der Waals surface area contributed by atoms with Crippen molar-refractivity contribution >= 4 is 28.5 Å². The number of ether oxygens (including phenoxy) is 2. The Hall–Kier alpha value is -2.78. The monoisotopic (exact) mass is 390 g/mol. The first-order valence-electron chi connectivity index (χ1n) is 8.59.